The summed E-state index contributed by atoms with van der Waals surface area (Å²) in [4.78, 5) is 37.8. The zero-order chi connectivity index (χ0) is 24.4. The van der Waals surface area contributed by atoms with Gasteiger partial charge in [0.05, 0.1) is 31.4 Å². The molecule has 11 heteroatoms. The van der Waals surface area contributed by atoms with Crippen LogP contribution in [-0.4, -0.2) is 59.2 Å². The van der Waals surface area contributed by atoms with Gasteiger partial charge in [0.2, 0.25) is 5.95 Å². The van der Waals surface area contributed by atoms with Gasteiger partial charge in [0.25, 0.3) is 5.91 Å². The molecule has 1 saturated heterocycles. The molecule has 4 aromatic rings. The van der Waals surface area contributed by atoms with Crippen molar-refractivity contribution in [3.8, 4) is 5.75 Å². The fourth-order valence-corrected chi connectivity index (χ4v) is 3.81. The maximum absolute atomic E-state index is 13.1. The largest absolute Gasteiger partial charge is 0.496 e. The van der Waals surface area contributed by atoms with Crippen LogP contribution in [0.15, 0.2) is 51.8 Å². The summed E-state index contributed by atoms with van der Waals surface area (Å²) < 4.78 is 15.8. The molecule has 0 unspecified atom stereocenters. The molecule has 1 aliphatic rings. The van der Waals surface area contributed by atoms with Crippen LogP contribution in [0.3, 0.4) is 0 Å². The number of methoxy groups -OCH3 is 1. The van der Waals surface area contributed by atoms with Gasteiger partial charge < -0.3 is 29.4 Å². The highest BCUT2D eigenvalue weighted by Crippen LogP contribution is 2.27. The molecule has 3 heterocycles. The highest BCUT2D eigenvalue weighted by molar-refractivity contribution is 5.98. The second kappa shape index (κ2) is 9.47. The van der Waals surface area contributed by atoms with Gasteiger partial charge in [0.1, 0.15) is 11.6 Å². The normalized spacial score (nSPS) is 13.6. The molecule has 35 heavy (non-hydrogen) atoms. The lowest BCUT2D eigenvalue weighted by Gasteiger charge is -2.27. The first-order valence-electron chi connectivity index (χ1n) is 11.1. The van der Waals surface area contributed by atoms with Crippen LogP contribution in [0.1, 0.15) is 15.9 Å². The van der Waals surface area contributed by atoms with Gasteiger partial charge in [0, 0.05) is 36.2 Å². The third-order valence-electron chi connectivity index (χ3n) is 5.64. The SMILES string of the molecule is COc1ccc(Nc2ncc(C)c(Nc3ccc4oc(=O)[nH]c4c3)n2)cc1C(=O)N1CCOCC1. The Morgan fingerprint density at radius 1 is 1.11 bits per heavy atom. The molecular weight excluding hydrogens is 452 g/mol. The van der Waals surface area contributed by atoms with Crippen LogP contribution in [0.5, 0.6) is 5.75 Å². The van der Waals surface area contributed by atoms with E-state index in [0.717, 1.165) is 11.3 Å². The summed E-state index contributed by atoms with van der Waals surface area (Å²) in [5, 5.41) is 6.41. The van der Waals surface area contributed by atoms with E-state index in [1.54, 1.807) is 47.5 Å². The molecule has 5 rings (SSSR count). The van der Waals surface area contributed by atoms with Crippen molar-refractivity contribution in [1.29, 1.82) is 0 Å². The minimum atomic E-state index is -0.507. The van der Waals surface area contributed by atoms with Crippen molar-refractivity contribution in [3.63, 3.8) is 0 Å². The van der Waals surface area contributed by atoms with E-state index in [1.807, 2.05) is 6.92 Å². The number of ether oxygens (including phenoxy) is 2. The number of aromatic nitrogens is 3. The second-order valence-corrected chi connectivity index (χ2v) is 8.02. The van der Waals surface area contributed by atoms with Crippen LogP contribution in [0, 0.1) is 6.92 Å². The first-order chi connectivity index (χ1) is 17.0. The molecule has 2 aromatic carbocycles. The number of morpholine rings is 1. The molecule has 0 atom stereocenters. The Kier molecular flexibility index (Phi) is 6.06. The number of carbonyl (C=O) groups is 1. The molecule has 0 spiro atoms. The number of anilines is 4. The van der Waals surface area contributed by atoms with Crippen molar-refractivity contribution >= 4 is 40.1 Å². The van der Waals surface area contributed by atoms with Crippen molar-refractivity contribution in [2.75, 3.05) is 44.0 Å². The second-order valence-electron chi connectivity index (χ2n) is 8.02. The predicted octanol–water partition coefficient (Wildman–Crippen LogP) is 3.19. The monoisotopic (exact) mass is 476 g/mol. The first kappa shape index (κ1) is 22.4. The van der Waals surface area contributed by atoms with E-state index in [9.17, 15) is 9.59 Å². The summed E-state index contributed by atoms with van der Waals surface area (Å²) in [5.74, 6) is 0.810. The average molecular weight is 476 g/mol. The van der Waals surface area contributed by atoms with Crippen LogP contribution < -0.4 is 21.1 Å². The number of aromatic amines is 1. The summed E-state index contributed by atoms with van der Waals surface area (Å²) >= 11 is 0. The maximum Gasteiger partial charge on any atom is 0.417 e. The number of rotatable bonds is 6. The molecule has 0 bridgehead atoms. The number of carbonyl (C=O) groups excluding carboxylic acids is 1. The van der Waals surface area contributed by atoms with E-state index >= 15 is 0 Å². The maximum atomic E-state index is 13.1. The Labute approximate surface area is 200 Å². The topological polar surface area (TPSA) is 135 Å². The molecule has 1 fully saturated rings. The van der Waals surface area contributed by atoms with Crippen LogP contribution >= 0.6 is 0 Å². The van der Waals surface area contributed by atoms with E-state index in [1.165, 1.54) is 7.11 Å². The van der Waals surface area contributed by atoms with Gasteiger partial charge in [-0.1, -0.05) is 0 Å². The fourth-order valence-electron chi connectivity index (χ4n) is 3.81. The number of nitrogens with zero attached hydrogens (tertiary/aromatic N) is 3. The van der Waals surface area contributed by atoms with Gasteiger partial charge in [-0.3, -0.25) is 9.78 Å². The Morgan fingerprint density at radius 2 is 1.89 bits per heavy atom. The van der Waals surface area contributed by atoms with Crippen molar-refractivity contribution in [2.24, 2.45) is 0 Å². The quantitative estimate of drug-likeness (QED) is 0.383. The van der Waals surface area contributed by atoms with Gasteiger partial charge in [-0.25, -0.2) is 9.78 Å². The van der Waals surface area contributed by atoms with Crippen LogP contribution in [-0.2, 0) is 4.74 Å². The molecule has 2 aromatic heterocycles. The summed E-state index contributed by atoms with van der Waals surface area (Å²) in [6, 6.07) is 10.5. The van der Waals surface area contributed by atoms with Gasteiger partial charge >= 0.3 is 5.76 Å². The molecular formula is C24H24N6O5. The highest BCUT2D eigenvalue weighted by Gasteiger charge is 2.22. The Bertz CT molecular complexity index is 1440. The van der Waals surface area contributed by atoms with Crippen molar-refractivity contribution in [1.82, 2.24) is 19.9 Å². The number of amides is 1. The minimum Gasteiger partial charge on any atom is -0.496 e. The van der Waals surface area contributed by atoms with Gasteiger partial charge in [-0.2, -0.15) is 4.98 Å². The Balaban J connectivity index is 1.38. The lowest BCUT2D eigenvalue weighted by atomic mass is 10.1. The molecule has 1 amide bonds. The molecule has 180 valence electrons. The van der Waals surface area contributed by atoms with Crippen LogP contribution in [0.2, 0.25) is 0 Å². The molecule has 0 radical (unpaired) electrons. The number of hydrogen-bond donors (Lipinski definition) is 3. The fraction of sp³-hybridized carbons (Fsp3) is 0.250. The number of nitrogens with one attached hydrogen (secondary N) is 3. The van der Waals surface area contributed by atoms with E-state index in [0.29, 0.717) is 66.2 Å². The summed E-state index contributed by atoms with van der Waals surface area (Å²) in [7, 11) is 1.54. The number of fused-ring (bicyclic) bond motifs is 1. The van der Waals surface area contributed by atoms with Gasteiger partial charge in [-0.15, -0.1) is 0 Å². The molecule has 0 saturated carbocycles. The lowest BCUT2D eigenvalue weighted by molar-refractivity contribution is 0.0301. The lowest BCUT2D eigenvalue weighted by Crippen LogP contribution is -2.40. The molecule has 1 aliphatic heterocycles. The third kappa shape index (κ3) is 4.80. The molecule has 3 N–H and O–H groups in total. The Morgan fingerprint density at radius 3 is 2.69 bits per heavy atom. The van der Waals surface area contributed by atoms with E-state index < -0.39 is 5.76 Å². The smallest absolute Gasteiger partial charge is 0.417 e. The summed E-state index contributed by atoms with van der Waals surface area (Å²) in [6.07, 6.45) is 1.69. The third-order valence-corrected chi connectivity index (χ3v) is 5.64. The standard InChI is InChI=1S/C24H24N6O5/c1-14-13-25-23(29-21(14)26-16-4-6-20-18(12-16)28-24(32)35-20)27-15-3-5-19(33-2)17(11-15)22(31)30-7-9-34-10-8-30/h3-6,11-13H,7-10H2,1-2H3,(H,28,32)(H2,25,26,27,29). The van der Waals surface area contributed by atoms with E-state index in [4.69, 9.17) is 13.9 Å². The number of H-pyrrole nitrogens is 1. The number of benzene rings is 2. The zero-order valence-corrected chi connectivity index (χ0v) is 19.3. The number of aryl methyl sites for hydroxylation is 1. The van der Waals surface area contributed by atoms with Crippen molar-refractivity contribution < 1.29 is 18.7 Å². The van der Waals surface area contributed by atoms with Gasteiger partial charge in [0.15, 0.2) is 5.58 Å². The Hall–Kier alpha value is -4.38. The van der Waals surface area contributed by atoms with Crippen molar-refractivity contribution in [2.45, 2.75) is 6.92 Å². The summed E-state index contributed by atoms with van der Waals surface area (Å²) in [5.41, 5.74) is 3.71. The van der Waals surface area contributed by atoms with Crippen LogP contribution in [0.25, 0.3) is 11.1 Å². The average Bonchev–Trinajstić information content (AvgIpc) is 3.25. The number of oxazole rings is 1. The molecule has 0 aliphatic carbocycles. The van der Waals surface area contributed by atoms with E-state index in [2.05, 4.69) is 25.6 Å². The summed E-state index contributed by atoms with van der Waals surface area (Å²) in [6.45, 7) is 3.99. The molecule has 11 nitrogen and oxygen atoms in total. The number of hydrogen-bond acceptors (Lipinski definition) is 9. The highest BCUT2D eigenvalue weighted by atomic mass is 16.5. The minimum absolute atomic E-state index is 0.117. The van der Waals surface area contributed by atoms with Crippen LogP contribution in [0.4, 0.5) is 23.1 Å². The van der Waals surface area contributed by atoms with Gasteiger partial charge in [-0.05, 0) is 43.3 Å². The zero-order valence-electron chi connectivity index (χ0n) is 19.3. The first-order valence-corrected chi connectivity index (χ1v) is 11.1. The van der Waals surface area contributed by atoms with Crippen molar-refractivity contribution in [3.05, 3.63) is 64.3 Å². The van der Waals surface area contributed by atoms with E-state index in [-0.39, 0.29) is 5.91 Å². The predicted molar refractivity (Wildman–Crippen MR) is 130 cm³/mol.